The Hall–Kier alpha value is -1.72. The van der Waals surface area contributed by atoms with Gasteiger partial charge in [-0.15, -0.1) is 0 Å². The molecule has 100 valence electrons. The smallest absolute Gasteiger partial charge is 0.391 e. The summed E-state index contributed by atoms with van der Waals surface area (Å²) in [5, 5.41) is 8.39. The highest BCUT2D eigenvalue weighted by Crippen LogP contribution is 2.28. The third-order valence-electron chi connectivity index (χ3n) is 2.39. The number of alkyl halides is 3. The van der Waals surface area contributed by atoms with Crippen molar-refractivity contribution >= 4 is 5.97 Å². The third-order valence-corrected chi connectivity index (χ3v) is 2.39. The highest BCUT2D eigenvalue weighted by molar-refractivity contribution is 5.68. The standard InChI is InChI=1S/C12H13F3O3/c1-8(12(13,14)15)6-9-2-4-10(5-3-9)18-7-11(16)17/h2-5,8H,6-7H2,1H3,(H,16,17). The fourth-order valence-corrected chi connectivity index (χ4v) is 1.34. The monoisotopic (exact) mass is 262 g/mol. The van der Waals surface area contributed by atoms with Crippen LogP contribution >= 0.6 is 0 Å². The summed E-state index contributed by atoms with van der Waals surface area (Å²) in [6.07, 6.45) is -4.32. The molecule has 0 saturated heterocycles. The number of carboxylic acids is 1. The zero-order chi connectivity index (χ0) is 13.8. The fourth-order valence-electron chi connectivity index (χ4n) is 1.34. The van der Waals surface area contributed by atoms with E-state index >= 15 is 0 Å². The molecule has 0 aliphatic rings. The molecule has 18 heavy (non-hydrogen) atoms. The van der Waals surface area contributed by atoms with Gasteiger partial charge in [-0.05, 0) is 24.1 Å². The molecule has 1 atom stereocenters. The zero-order valence-corrected chi connectivity index (χ0v) is 9.70. The van der Waals surface area contributed by atoms with Crippen LogP contribution in [0.3, 0.4) is 0 Å². The minimum atomic E-state index is -4.21. The Morgan fingerprint density at radius 3 is 2.33 bits per heavy atom. The molecule has 1 N–H and O–H groups in total. The number of aliphatic carboxylic acids is 1. The van der Waals surface area contributed by atoms with Crippen LogP contribution in [0.15, 0.2) is 24.3 Å². The van der Waals surface area contributed by atoms with Crippen molar-refractivity contribution in [2.24, 2.45) is 5.92 Å². The van der Waals surface area contributed by atoms with E-state index in [1.165, 1.54) is 24.3 Å². The van der Waals surface area contributed by atoms with Crippen LogP contribution in [-0.2, 0) is 11.2 Å². The molecule has 0 bridgehead atoms. The van der Waals surface area contributed by atoms with Crippen LogP contribution in [0.2, 0.25) is 0 Å². The molecule has 1 aromatic rings. The van der Waals surface area contributed by atoms with Crippen LogP contribution in [0.1, 0.15) is 12.5 Å². The molecule has 0 radical (unpaired) electrons. The number of ether oxygens (including phenoxy) is 1. The van der Waals surface area contributed by atoms with E-state index in [1.54, 1.807) is 0 Å². The van der Waals surface area contributed by atoms with Crippen LogP contribution in [0.25, 0.3) is 0 Å². The van der Waals surface area contributed by atoms with Crippen LogP contribution < -0.4 is 4.74 Å². The van der Waals surface area contributed by atoms with Gasteiger partial charge in [-0.1, -0.05) is 19.1 Å². The maximum atomic E-state index is 12.3. The lowest BCUT2D eigenvalue weighted by molar-refractivity contribution is -0.169. The molecule has 0 aromatic heterocycles. The predicted molar refractivity (Wildman–Crippen MR) is 58.5 cm³/mol. The maximum Gasteiger partial charge on any atom is 0.391 e. The average Bonchev–Trinajstić information content (AvgIpc) is 2.26. The first kappa shape index (κ1) is 14.3. The van der Waals surface area contributed by atoms with Crippen molar-refractivity contribution in [2.75, 3.05) is 6.61 Å². The number of benzene rings is 1. The molecule has 1 rings (SSSR count). The predicted octanol–water partition coefficient (Wildman–Crippen LogP) is 2.89. The highest BCUT2D eigenvalue weighted by Gasteiger charge is 2.35. The molecule has 6 heteroatoms. The molecule has 1 aromatic carbocycles. The SMILES string of the molecule is CC(Cc1ccc(OCC(=O)O)cc1)C(F)(F)F. The van der Waals surface area contributed by atoms with Gasteiger partial charge in [0.15, 0.2) is 6.61 Å². The van der Waals surface area contributed by atoms with E-state index in [0.29, 0.717) is 11.3 Å². The Kier molecular flexibility index (Phi) is 4.58. The van der Waals surface area contributed by atoms with Gasteiger partial charge < -0.3 is 9.84 Å². The lowest BCUT2D eigenvalue weighted by atomic mass is 10.0. The maximum absolute atomic E-state index is 12.3. The van der Waals surface area contributed by atoms with Gasteiger partial charge in [-0.25, -0.2) is 4.79 Å². The fraction of sp³-hybridized carbons (Fsp3) is 0.417. The summed E-state index contributed by atoms with van der Waals surface area (Å²) in [7, 11) is 0. The summed E-state index contributed by atoms with van der Waals surface area (Å²) in [4.78, 5) is 10.2. The summed E-state index contributed by atoms with van der Waals surface area (Å²) >= 11 is 0. The van der Waals surface area contributed by atoms with Gasteiger partial charge in [-0.2, -0.15) is 13.2 Å². The quantitative estimate of drug-likeness (QED) is 0.887. The van der Waals surface area contributed by atoms with Crippen molar-refractivity contribution in [3.05, 3.63) is 29.8 Å². The van der Waals surface area contributed by atoms with Crippen LogP contribution in [-0.4, -0.2) is 23.9 Å². The number of carbonyl (C=O) groups is 1. The van der Waals surface area contributed by atoms with Crippen LogP contribution in [0, 0.1) is 5.92 Å². The molecule has 0 heterocycles. The molecule has 1 unspecified atom stereocenters. The Balaban J connectivity index is 2.58. The number of rotatable bonds is 5. The van der Waals surface area contributed by atoms with E-state index < -0.39 is 24.7 Å². The van der Waals surface area contributed by atoms with Gasteiger partial charge in [0.2, 0.25) is 0 Å². The van der Waals surface area contributed by atoms with E-state index in [0.717, 1.165) is 6.92 Å². The first-order chi connectivity index (χ1) is 8.29. The summed E-state index contributed by atoms with van der Waals surface area (Å²) < 4.78 is 41.9. The highest BCUT2D eigenvalue weighted by atomic mass is 19.4. The molecule has 0 aliphatic carbocycles. The lowest BCUT2D eigenvalue weighted by Gasteiger charge is -2.15. The molecular weight excluding hydrogens is 249 g/mol. The zero-order valence-electron chi connectivity index (χ0n) is 9.70. The van der Waals surface area contributed by atoms with E-state index in [9.17, 15) is 18.0 Å². The molecular formula is C12H13F3O3. The number of halogens is 3. The Labute approximate surface area is 102 Å². The van der Waals surface area contributed by atoms with Crippen molar-refractivity contribution in [3.8, 4) is 5.75 Å². The van der Waals surface area contributed by atoms with Gasteiger partial charge in [0.05, 0.1) is 5.92 Å². The molecule has 3 nitrogen and oxygen atoms in total. The second-order valence-corrected chi connectivity index (χ2v) is 3.97. The Bertz CT molecular complexity index is 398. The first-order valence-corrected chi connectivity index (χ1v) is 5.29. The minimum absolute atomic E-state index is 0.108. The second kappa shape index (κ2) is 5.75. The number of hydrogen-bond acceptors (Lipinski definition) is 2. The second-order valence-electron chi connectivity index (χ2n) is 3.97. The molecule has 0 spiro atoms. The van der Waals surface area contributed by atoms with Gasteiger partial charge in [0, 0.05) is 0 Å². The van der Waals surface area contributed by atoms with E-state index in [4.69, 9.17) is 9.84 Å². The lowest BCUT2D eigenvalue weighted by Crippen LogP contribution is -2.21. The Morgan fingerprint density at radius 1 is 1.33 bits per heavy atom. The summed E-state index contributed by atoms with van der Waals surface area (Å²) in [6.45, 7) is 0.646. The van der Waals surface area contributed by atoms with E-state index in [1.807, 2.05) is 0 Å². The van der Waals surface area contributed by atoms with E-state index in [2.05, 4.69) is 0 Å². The summed E-state index contributed by atoms with van der Waals surface area (Å²) in [5.41, 5.74) is 0.530. The van der Waals surface area contributed by atoms with Crippen molar-refractivity contribution in [1.29, 1.82) is 0 Å². The first-order valence-electron chi connectivity index (χ1n) is 5.29. The van der Waals surface area contributed by atoms with Gasteiger partial charge in [-0.3, -0.25) is 0 Å². The van der Waals surface area contributed by atoms with Crippen molar-refractivity contribution in [1.82, 2.24) is 0 Å². The van der Waals surface area contributed by atoms with Crippen molar-refractivity contribution in [2.45, 2.75) is 19.5 Å². The largest absolute Gasteiger partial charge is 0.482 e. The molecule has 0 aliphatic heterocycles. The van der Waals surface area contributed by atoms with Crippen LogP contribution in [0.5, 0.6) is 5.75 Å². The molecule has 0 fully saturated rings. The molecule has 0 amide bonds. The minimum Gasteiger partial charge on any atom is -0.482 e. The number of carboxylic acid groups (broad SMARTS) is 1. The Morgan fingerprint density at radius 2 is 1.89 bits per heavy atom. The van der Waals surface area contributed by atoms with Crippen molar-refractivity contribution in [3.63, 3.8) is 0 Å². The molecule has 0 saturated carbocycles. The number of hydrogen-bond donors (Lipinski definition) is 1. The third kappa shape index (κ3) is 4.65. The van der Waals surface area contributed by atoms with Crippen molar-refractivity contribution < 1.29 is 27.8 Å². The van der Waals surface area contributed by atoms with Gasteiger partial charge >= 0.3 is 12.1 Å². The average molecular weight is 262 g/mol. The van der Waals surface area contributed by atoms with E-state index in [-0.39, 0.29) is 6.42 Å². The normalized spacial score (nSPS) is 13.1. The summed E-state index contributed by atoms with van der Waals surface area (Å²) in [5.74, 6) is -2.20. The topological polar surface area (TPSA) is 46.5 Å². The summed E-state index contributed by atoms with van der Waals surface area (Å²) in [6, 6.07) is 5.92. The van der Waals surface area contributed by atoms with Gasteiger partial charge in [0.1, 0.15) is 5.75 Å². The van der Waals surface area contributed by atoms with Crippen LogP contribution in [0.4, 0.5) is 13.2 Å². The van der Waals surface area contributed by atoms with Gasteiger partial charge in [0.25, 0.3) is 0 Å².